The number of fused-ring (bicyclic) bond motifs is 1. The Hall–Kier alpha value is -7.82. The Labute approximate surface area is 433 Å². The van der Waals surface area contributed by atoms with Gasteiger partial charge in [0.05, 0.1) is 34.8 Å². The minimum Gasteiger partial charge on any atom is -0.507 e. The first-order valence-electron chi connectivity index (χ1n) is 27.4. The standard InChI is InChI=1S/C68H65N3O/c1-43-42-69-62(44(2)61(43)48-26-19-14-20-27-48)52-37-50(45-22-15-12-16-23-45)36-51(38-52)55-28-21-29-60-63(55)70-65(57-40-54(67(6,7)8)41-58(64(57)72)68(9,10)11)71(60)59-35-32-49(39-56(59)47-24-17-13-18-25-47)46-30-33-53(34-31-46)66(3,4)5/h12-42,72H,1-11H3/i14D,19D,20D,26D,27D. The molecule has 0 bridgehead atoms. The van der Waals surface area contributed by atoms with E-state index in [9.17, 15) is 5.11 Å². The van der Waals surface area contributed by atoms with Gasteiger partial charge in [0.15, 0.2) is 0 Å². The third-order valence-electron chi connectivity index (χ3n) is 14.0. The molecule has 10 aromatic rings. The zero-order chi connectivity index (χ0) is 55.0. The molecule has 8 aromatic carbocycles. The molecule has 0 radical (unpaired) electrons. The van der Waals surface area contributed by atoms with Crippen LogP contribution in [0.1, 0.15) is 97.0 Å². The monoisotopic (exact) mass is 945 g/mol. The number of phenolic OH excluding ortho intramolecular Hbond substituents is 1. The molecular weight excluding hydrogens is 875 g/mol. The van der Waals surface area contributed by atoms with E-state index in [1.807, 2.05) is 38.1 Å². The van der Waals surface area contributed by atoms with E-state index in [0.29, 0.717) is 33.8 Å². The van der Waals surface area contributed by atoms with Crippen molar-refractivity contribution in [3.63, 3.8) is 0 Å². The predicted molar refractivity (Wildman–Crippen MR) is 304 cm³/mol. The van der Waals surface area contributed by atoms with Crippen LogP contribution < -0.4 is 0 Å². The number of phenols is 1. The van der Waals surface area contributed by atoms with Crippen LogP contribution in [0.5, 0.6) is 5.75 Å². The SMILES string of the molecule is [2H]c1c([2H])c([2H])c(-c2c(C)cnc(-c3cc(-c4ccccc4)cc(-c4cccc5c4nc(-c4cc(C(C)(C)C)cc(C(C)(C)C)c4O)n5-c4ccc(-c5ccc(C(C)(C)C)cc5)cc4-c4ccccc4)c3)c2C)c([2H])c1[2H]. The van der Waals surface area contributed by atoms with Gasteiger partial charge < -0.3 is 5.11 Å². The Balaban J connectivity index is 1.28. The summed E-state index contributed by atoms with van der Waals surface area (Å²) in [6.45, 7) is 23.5. The molecule has 0 spiro atoms. The molecule has 0 amide bonds. The molecule has 0 unspecified atom stereocenters. The molecule has 0 aliphatic heterocycles. The Bertz CT molecular complexity index is 3910. The molecule has 0 aliphatic rings. The summed E-state index contributed by atoms with van der Waals surface area (Å²) in [5.41, 5.74) is 17.0. The fourth-order valence-corrected chi connectivity index (χ4v) is 9.99. The second kappa shape index (κ2) is 18.4. The zero-order valence-corrected chi connectivity index (χ0v) is 43.3. The lowest BCUT2D eigenvalue weighted by Gasteiger charge is -2.27. The van der Waals surface area contributed by atoms with E-state index in [1.165, 1.54) is 5.56 Å². The largest absolute Gasteiger partial charge is 0.507 e. The minimum absolute atomic E-state index is 0.0138. The van der Waals surface area contributed by atoms with Gasteiger partial charge in [-0.25, -0.2) is 4.98 Å². The molecular formula is C68H65N3O. The second-order valence-electron chi connectivity index (χ2n) is 22.2. The van der Waals surface area contributed by atoms with E-state index in [4.69, 9.17) is 16.8 Å². The first kappa shape index (κ1) is 41.9. The second-order valence-corrected chi connectivity index (χ2v) is 22.2. The Kier molecular flexibility index (Phi) is 10.7. The van der Waals surface area contributed by atoms with Gasteiger partial charge in [0, 0.05) is 28.5 Å². The lowest BCUT2D eigenvalue weighted by Crippen LogP contribution is -2.17. The third kappa shape index (κ3) is 9.07. The number of pyridine rings is 1. The van der Waals surface area contributed by atoms with Gasteiger partial charge in [-0.15, -0.1) is 0 Å². The van der Waals surface area contributed by atoms with Crippen molar-refractivity contribution in [3.8, 4) is 89.7 Å². The number of imidazole rings is 1. The normalized spacial score (nSPS) is 13.1. The van der Waals surface area contributed by atoms with Crippen LogP contribution in [-0.4, -0.2) is 19.6 Å². The molecule has 0 saturated carbocycles. The van der Waals surface area contributed by atoms with Crippen molar-refractivity contribution in [1.82, 2.24) is 14.5 Å². The molecule has 2 heterocycles. The summed E-state index contributed by atoms with van der Waals surface area (Å²) in [4.78, 5) is 10.7. The van der Waals surface area contributed by atoms with Crippen molar-refractivity contribution in [1.29, 1.82) is 0 Å². The molecule has 4 nitrogen and oxygen atoms in total. The van der Waals surface area contributed by atoms with E-state index in [0.717, 1.165) is 77.9 Å². The average molecular weight is 945 g/mol. The van der Waals surface area contributed by atoms with Crippen LogP contribution in [0.4, 0.5) is 0 Å². The predicted octanol–water partition coefficient (Wildman–Crippen LogP) is 18.3. The maximum atomic E-state index is 12.7. The third-order valence-corrected chi connectivity index (χ3v) is 14.0. The van der Waals surface area contributed by atoms with Gasteiger partial charge in [0.1, 0.15) is 11.6 Å². The van der Waals surface area contributed by atoms with Crippen molar-refractivity contribution >= 4 is 11.0 Å². The van der Waals surface area contributed by atoms with Crippen LogP contribution in [-0.2, 0) is 16.2 Å². The van der Waals surface area contributed by atoms with Crippen LogP contribution in [0, 0.1) is 13.8 Å². The lowest BCUT2D eigenvalue weighted by molar-refractivity contribution is 0.446. The van der Waals surface area contributed by atoms with E-state index < -0.39 is 11.5 Å². The van der Waals surface area contributed by atoms with Crippen LogP contribution >= 0.6 is 0 Å². The van der Waals surface area contributed by atoms with Gasteiger partial charge in [-0.05, 0) is 139 Å². The summed E-state index contributed by atoms with van der Waals surface area (Å²) in [6, 6.07) is 51.4. The fraction of sp³-hybridized carbons (Fsp3) is 0.206. The highest BCUT2D eigenvalue weighted by atomic mass is 16.3. The van der Waals surface area contributed by atoms with Crippen molar-refractivity contribution in [3.05, 3.63) is 216 Å². The number of aryl methyl sites for hydroxylation is 1. The van der Waals surface area contributed by atoms with E-state index in [1.54, 1.807) is 6.20 Å². The van der Waals surface area contributed by atoms with Crippen LogP contribution in [0.2, 0.25) is 0 Å². The summed E-state index contributed by atoms with van der Waals surface area (Å²) in [7, 11) is 0. The van der Waals surface area contributed by atoms with E-state index >= 15 is 0 Å². The molecule has 0 saturated heterocycles. The highest BCUT2D eigenvalue weighted by Gasteiger charge is 2.30. The van der Waals surface area contributed by atoms with Crippen LogP contribution in [0.3, 0.4) is 0 Å². The summed E-state index contributed by atoms with van der Waals surface area (Å²) < 4.78 is 45.6. The number of nitrogens with zero attached hydrogens (tertiary/aromatic N) is 3. The number of benzene rings is 8. The molecule has 0 aliphatic carbocycles. The average Bonchev–Trinajstić information content (AvgIpc) is 3.85. The van der Waals surface area contributed by atoms with E-state index in [-0.39, 0.29) is 46.3 Å². The van der Waals surface area contributed by atoms with Crippen LogP contribution in [0.15, 0.2) is 188 Å². The van der Waals surface area contributed by atoms with Gasteiger partial charge in [0.2, 0.25) is 0 Å². The van der Waals surface area contributed by atoms with E-state index in [2.05, 4.69) is 194 Å². The molecule has 1 N–H and O–H groups in total. The quantitative estimate of drug-likeness (QED) is 0.165. The van der Waals surface area contributed by atoms with Gasteiger partial charge in [-0.2, -0.15) is 0 Å². The Morgan fingerprint density at radius 3 is 1.75 bits per heavy atom. The number of aromatic nitrogens is 3. The maximum Gasteiger partial charge on any atom is 0.149 e. The molecule has 2 aromatic heterocycles. The summed E-state index contributed by atoms with van der Waals surface area (Å²) in [5.74, 6) is 0.782. The molecule has 4 heteroatoms. The first-order chi connectivity index (χ1) is 36.4. The van der Waals surface area contributed by atoms with Crippen LogP contribution in [0.25, 0.3) is 95.0 Å². The number of hydrogen-bond donors (Lipinski definition) is 1. The van der Waals surface area contributed by atoms with Gasteiger partial charge in [-0.3, -0.25) is 9.55 Å². The Morgan fingerprint density at radius 1 is 0.486 bits per heavy atom. The highest BCUT2D eigenvalue weighted by Crippen LogP contribution is 2.47. The number of rotatable bonds is 8. The highest BCUT2D eigenvalue weighted by molar-refractivity contribution is 5.99. The van der Waals surface area contributed by atoms with Crippen molar-refractivity contribution in [2.45, 2.75) is 92.4 Å². The first-order valence-corrected chi connectivity index (χ1v) is 24.9. The molecule has 0 fully saturated rings. The minimum atomic E-state index is -0.435. The summed E-state index contributed by atoms with van der Waals surface area (Å²) >= 11 is 0. The zero-order valence-electron chi connectivity index (χ0n) is 48.3. The molecule has 0 atom stereocenters. The van der Waals surface area contributed by atoms with Gasteiger partial charge in [0.25, 0.3) is 0 Å². The molecule has 358 valence electrons. The van der Waals surface area contributed by atoms with Crippen molar-refractivity contribution < 1.29 is 12.0 Å². The molecule has 72 heavy (non-hydrogen) atoms. The number of para-hydroxylation sites is 1. The Morgan fingerprint density at radius 2 is 1.10 bits per heavy atom. The van der Waals surface area contributed by atoms with Gasteiger partial charge >= 0.3 is 0 Å². The lowest BCUT2D eigenvalue weighted by atomic mass is 9.79. The number of aromatic hydroxyl groups is 1. The van der Waals surface area contributed by atoms with Crippen molar-refractivity contribution in [2.24, 2.45) is 0 Å². The van der Waals surface area contributed by atoms with Gasteiger partial charge in [-0.1, -0.05) is 202 Å². The fourth-order valence-electron chi connectivity index (χ4n) is 9.99. The maximum absolute atomic E-state index is 12.7. The smallest absolute Gasteiger partial charge is 0.149 e. The summed E-state index contributed by atoms with van der Waals surface area (Å²) in [6.07, 6.45) is 1.72. The molecule has 10 rings (SSSR count). The summed E-state index contributed by atoms with van der Waals surface area (Å²) in [5, 5.41) is 12.7. The van der Waals surface area contributed by atoms with Crippen molar-refractivity contribution in [2.75, 3.05) is 0 Å². The number of hydrogen-bond acceptors (Lipinski definition) is 3. The topological polar surface area (TPSA) is 50.9 Å².